The molecule has 6 heteroatoms. The third-order valence-electron chi connectivity index (χ3n) is 3.87. The van der Waals surface area contributed by atoms with Crippen LogP contribution >= 0.6 is 0 Å². The third kappa shape index (κ3) is 5.74. The molecular weight excluding hydrogens is 322 g/mol. The van der Waals surface area contributed by atoms with E-state index in [1.54, 1.807) is 25.1 Å². The fourth-order valence-corrected chi connectivity index (χ4v) is 2.31. The van der Waals surface area contributed by atoms with Gasteiger partial charge in [0.05, 0.1) is 13.7 Å². The highest BCUT2D eigenvalue weighted by Crippen LogP contribution is 2.26. The predicted molar refractivity (Wildman–Crippen MR) is 97.1 cm³/mol. The number of hydrogen-bond acceptors (Lipinski definition) is 5. The van der Waals surface area contributed by atoms with E-state index in [1.165, 1.54) is 14.2 Å². The molecule has 140 valence electrons. The number of benzene rings is 1. The van der Waals surface area contributed by atoms with E-state index in [1.807, 2.05) is 20.8 Å². The van der Waals surface area contributed by atoms with E-state index in [-0.39, 0.29) is 11.5 Å². The van der Waals surface area contributed by atoms with Crippen molar-refractivity contribution in [3.05, 3.63) is 23.8 Å². The standard InChI is InChI=1S/C19H29NO5/c1-7-10-19(4,24-6)18(22)20-14-8-9-16(25-12-13(2)3)15(11-14)17(21)23-5/h8-9,11,13H,7,10,12H2,1-6H3,(H,20,22)/t19-/m0/s1. The minimum atomic E-state index is -0.924. The number of rotatable bonds is 9. The first-order valence-electron chi connectivity index (χ1n) is 8.49. The van der Waals surface area contributed by atoms with Crippen molar-refractivity contribution in [2.75, 3.05) is 26.1 Å². The summed E-state index contributed by atoms with van der Waals surface area (Å²) in [7, 11) is 2.82. The van der Waals surface area contributed by atoms with Crippen LogP contribution in [-0.2, 0) is 14.3 Å². The molecule has 0 heterocycles. The molecular formula is C19H29NO5. The Morgan fingerprint density at radius 1 is 1.24 bits per heavy atom. The number of methoxy groups -OCH3 is 2. The highest BCUT2D eigenvalue weighted by Gasteiger charge is 2.32. The molecule has 0 radical (unpaired) electrons. The Hall–Kier alpha value is -2.08. The number of esters is 1. The normalized spacial score (nSPS) is 13.2. The van der Waals surface area contributed by atoms with Crippen molar-refractivity contribution in [1.29, 1.82) is 0 Å². The van der Waals surface area contributed by atoms with Crippen molar-refractivity contribution in [3.63, 3.8) is 0 Å². The Morgan fingerprint density at radius 2 is 1.92 bits per heavy atom. The lowest BCUT2D eigenvalue weighted by molar-refractivity contribution is -0.136. The van der Waals surface area contributed by atoms with Crippen molar-refractivity contribution in [2.24, 2.45) is 5.92 Å². The summed E-state index contributed by atoms with van der Waals surface area (Å²) in [5.74, 6) is -0.0237. The highest BCUT2D eigenvalue weighted by atomic mass is 16.5. The molecule has 25 heavy (non-hydrogen) atoms. The number of nitrogens with one attached hydrogen (secondary N) is 1. The fourth-order valence-electron chi connectivity index (χ4n) is 2.31. The Balaban J connectivity index is 3.05. The van der Waals surface area contributed by atoms with Gasteiger partial charge in [-0.1, -0.05) is 27.2 Å². The zero-order chi connectivity index (χ0) is 19.0. The summed E-state index contributed by atoms with van der Waals surface area (Å²) in [5.41, 5.74) is -0.162. The second-order valence-electron chi connectivity index (χ2n) is 6.55. The SMILES string of the molecule is CCC[C@](C)(OC)C(=O)Nc1ccc(OCC(C)C)c(C(=O)OC)c1. The van der Waals surface area contributed by atoms with Gasteiger partial charge < -0.3 is 19.5 Å². The summed E-state index contributed by atoms with van der Waals surface area (Å²) in [6.07, 6.45) is 1.40. The van der Waals surface area contributed by atoms with Crippen LogP contribution < -0.4 is 10.1 Å². The molecule has 0 aliphatic carbocycles. The lowest BCUT2D eigenvalue weighted by atomic mass is 9.99. The number of hydrogen-bond donors (Lipinski definition) is 1. The van der Waals surface area contributed by atoms with Crippen LogP contribution in [0.5, 0.6) is 5.75 Å². The van der Waals surface area contributed by atoms with Gasteiger partial charge in [0.2, 0.25) is 0 Å². The zero-order valence-corrected chi connectivity index (χ0v) is 16.0. The maximum atomic E-state index is 12.5. The highest BCUT2D eigenvalue weighted by molar-refractivity contribution is 5.99. The largest absolute Gasteiger partial charge is 0.492 e. The van der Waals surface area contributed by atoms with E-state index < -0.39 is 11.6 Å². The van der Waals surface area contributed by atoms with Gasteiger partial charge in [-0.25, -0.2) is 4.79 Å². The van der Waals surface area contributed by atoms with Gasteiger partial charge in [-0.15, -0.1) is 0 Å². The second kappa shape index (κ2) is 9.42. The van der Waals surface area contributed by atoms with Crippen molar-refractivity contribution in [3.8, 4) is 5.75 Å². The van der Waals surface area contributed by atoms with Gasteiger partial charge in [-0.3, -0.25) is 4.79 Å². The van der Waals surface area contributed by atoms with E-state index in [4.69, 9.17) is 14.2 Å². The monoisotopic (exact) mass is 351 g/mol. The molecule has 1 N–H and O–H groups in total. The lowest BCUT2D eigenvalue weighted by Crippen LogP contribution is -2.41. The summed E-state index contributed by atoms with van der Waals surface area (Å²) >= 11 is 0. The van der Waals surface area contributed by atoms with Gasteiger partial charge in [-0.05, 0) is 37.5 Å². The van der Waals surface area contributed by atoms with Crippen LogP contribution in [0.3, 0.4) is 0 Å². The minimum Gasteiger partial charge on any atom is -0.492 e. The van der Waals surface area contributed by atoms with E-state index in [0.29, 0.717) is 30.4 Å². The first-order chi connectivity index (χ1) is 11.8. The zero-order valence-electron chi connectivity index (χ0n) is 16.0. The molecule has 0 saturated heterocycles. The van der Waals surface area contributed by atoms with E-state index in [0.717, 1.165) is 6.42 Å². The van der Waals surface area contributed by atoms with Crippen molar-refractivity contribution in [2.45, 2.75) is 46.1 Å². The van der Waals surface area contributed by atoms with Crippen LogP contribution in [0.4, 0.5) is 5.69 Å². The predicted octanol–water partition coefficient (Wildman–Crippen LogP) is 3.65. The van der Waals surface area contributed by atoms with Gasteiger partial charge in [0.1, 0.15) is 16.9 Å². The molecule has 0 aromatic heterocycles. The number of carbonyl (C=O) groups excluding carboxylic acids is 2. The van der Waals surface area contributed by atoms with Crippen molar-refractivity contribution >= 4 is 17.6 Å². The van der Waals surface area contributed by atoms with Crippen molar-refractivity contribution in [1.82, 2.24) is 0 Å². The molecule has 0 saturated carbocycles. The number of anilines is 1. The molecule has 0 fully saturated rings. The summed E-state index contributed by atoms with van der Waals surface area (Å²) in [6.45, 7) is 8.25. The Morgan fingerprint density at radius 3 is 2.44 bits per heavy atom. The molecule has 1 amide bonds. The molecule has 0 aliphatic rings. The molecule has 0 unspecified atom stereocenters. The molecule has 0 aliphatic heterocycles. The average Bonchev–Trinajstić information content (AvgIpc) is 2.59. The summed E-state index contributed by atoms with van der Waals surface area (Å²) < 4.78 is 15.9. The van der Waals surface area contributed by atoms with Crippen LogP contribution in [0.2, 0.25) is 0 Å². The van der Waals surface area contributed by atoms with Gasteiger partial charge in [0.15, 0.2) is 0 Å². The van der Waals surface area contributed by atoms with Gasteiger partial charge in [-0.2, -0.15) is 0 Å². The van der Waals surface area contributed by atoms with E-state index >= 15 is 0 Å². The second-order valence-corrected chi connectivity index (χ2v) is 6.55. The molecule has 1 rings (SSSR count). The molecule has 1 atom stereocenters. The number of ether oxygens (including phenoxy) is 3. The maximum Gasteiger partial charge on any atom is 0.341 e. The Kier molecular flexibility index (Phi) is 7.90. The number of amides is 1. The first kappa shape index (κ1) is 21.0. The van der Waals surface area contributed by atoms with Crippen LogP contribution in [0.15, 0.2) is 18.2 Å². The minimum absolute atomic E-state index is 0.261. The van der Waals surface area contributed by atoms with Gasteiger partial charge in [0.25, 0.3) is 5.91 Å². The Bertz CT molecular complexity index is 599. The first-order valence-corrected chi connectivity index (χ1v) is 8.49. The van der Waals surface area contributed by atoms with Gasteiger partial charge >= 0.3 is 5.97 Å². The fraction of sp³-hybridized carbons (Fsp3) is 0.579. The van der Waals surface area contributed by atoms with Gasteiger partial charge in [0, 0.05) is 12.8 Å². The van der Waals surface area contributed by atoms with Crippen LogP contribution in [0, 0.1) is 5.92 Å². The Labute approximate surface area is 149 Å². The number of carbonyl (C=O) groups is 2. The summed E-state index contributed by atoms with van der Waals surface area (Å²) in [4.78, 5) is 24.6. The van der Waals surface area contributed by atoms with Crippen LogP contribution in [-0.4, -0.2) is 38.3 Å². The molecule has 1 aromatic carbocycles. The average molecular weight is 351 g/mol. The van der Waals surface area contributed by atoms with Crippen LogP contribution in [0.25, 0.3) is 0 Å². The molecule has 0 bridgehead atoms. The van der Waals surface area contributed by atoms with Crippen molar-refractivity contribution < 1.29 is 23.8 Å². The topological polar surface area (TPSA) is 73.9 Å². The van der Waals surface area contributed by atoms with Crippen LogP contribution in [0.1, 0.15) is 50.9 Å². The third-order valence-corrected chi connectivity index (χ3v) is 3.87. The van der Waals surface area contributed by atoms with E-state index in [9.17, 15) is 9.59 Å². The summed E-state index contributed by atoms with van der Waals surface area (Å²) in [6, 6.07) is 4.91. The molecule has 1 aromatic rings. The molecule has 6 nitrogen and oxygen atoms in total. The maximum absolute atomic E-state index is 12.5. The van der Waals surface area contributed by atoms with E-state index in [2.05, 4.69) is 5.32 Å². The lowest BCUT2D eigenvalue weighted by Gasteiger charge is -2.26. The quantitative estimate of drug-likeness (QED) is 0.688. The molecule has 0 spiro atoms. The smallest absolute Gasteiger partial charge is 0.341 e. The summed E-state index contributed by atoms with van der Waals surface area (Å²) in [5, 5.41) is 2.80.